The topological polar surface area (TPSA) is 85.6 Å². The Bertz CT molecular complexity index is 736. The Labute approximate surface area is 176 Å². The fourth-order valence-electron chi connectivity index (χ4n) is 2.72. The van der Waals surface area contributed by atoms with E-state index in [1.165, 1.54) is 0 Å². The average Bonchev–Trinajstić information content (AvgIpc) is 3.13. The summed E-state index contributed by atoms with van der Waals surface area (Å²) in [4.78, 5) is 4.62. The first kappa shape index (κ1) is 21.3. The number of nitrogens with zero attached hydrogens (tertiary/aromatic N) is 4. The summed E-state index contributed by atoms with van der Waals surface area (Å²) in [5, 5.41) is 14.6. The van der Waals surface area contributed by atoms with Crippen molar-refractivity contribution in [1.29, 1.82) is 0 Å². The summed E-state index contributed by atoms with van der Waals surface area (Å²) in [5.41, 5.74) is 0. The van der Waals surface area contributed by atoms with Crippen molar-refractivity contribution in [2.24, 2.45) is 4.99 Å². The van der Waals surface area contributed by atoms with Gasteiger partial charge in [-0.1, -0.05) is 19.1 Å². The van der Waals surface area contributed by atoms with E-state index >= 15 is 0 Å². The maximum atomic E-state index is 5.95. The van der Waals surface area contributed by atoms with E-state index in [-0.39, 0.29) is 30.1 Å². The first-order valence-electron chi connectivity index (χ1n) is 9.07. The number of aliphatic imine (C=N–C) groups is 1. The zero-order valence-electron chi connectivity index (χ0n) is 15.7. The fourth-order valence-corrected chi connectivity index (χ4v) is 2.72. The Morgan fingerprint density at radius 2 is 2.07 bits per heavy atom. The van der Waals surface area contributed by atoms with Crippen LogP contribution in [0, 0.1) is 0 Å². The third-order valence-electron chi connectivity index (χ3n) is 4.02. The number of ether oxygens (including phenoxy) is 2. The molecule has 0 amide bonds. The molecular formula is C18H27IN6O2. The number of rotatable bonds is 7. The zero-order chi connectivity index (χ0) is 18.2. The van der Waals surface area contributed by atoms with E-state index in [0.717, 1.165) is 49.3 Å². The van der Waals surface area contributed by atoms with Crippen LogP contribution in [-0.4, -0.2) is 53.1 Å². The number of aromatic nitrogens is 3. The molecule has 1 unspecified atom stereocenters. The van der Waals surface area contributed by atoms with Crippen molar-refractivity contribution in [3.63, 3.8) is 0 Å². The quantitative estimate of drug-likeness (QED) is 0.353. The maximum Gasteiger partial charge on any atom is 0.191 e. The summed E-state index contributed by atoms with van der Waals surface area (Å²) in [7, 11) is 0. The Balaban J connectivity index is 0.00000261. The van der Waals surface area contributed by atoms with Gasteiger partial charge in [0.25, 0.3) is 0 Å². The van der Waals surface area contributed by atoms with Crippen molar-refractivity contribution < 1.29 is 9.47 Å². The molecule has 0 saturated heterocycles. The summed E-state index contributed by atoms with van der Waals surface area (Å²) in [6.07, 6.45) is 2.54. The predicted molar refractivity (Wildman–Crippen MR) is 115 cm³/mol. The number of fused-ring (bicyclic) bond motifs is 1. The van der Waals surface area contributed by atoms with Gasteiger partial charge in [-0.2, -0.15) is 0 Å². The molecule has 9 heteroatoms. The molecule has 27 heavy (non-hydrogen) atoms. The molecule has 2 aromatic rings. The minimum atomic E-state index is -0.0927. The van der Waals surface area contributed by atoms with E-state index in [4.69, 9.17) is 9.47 Å². The second-order valence-electron chi connectivity index (χ2n) is 5.94. The van der Waals surface area contributed by atoms with Crippen LogP contribution < -0.4 is 20.1 Å². The molecule has 0 spiro atoms. The number of hydrogen-bond acceptors (Lipinski definition) is 5. The Kier molecular flexibility index (Phi) is 8.62. The van der Waals surface area contributed by atoms with Crippen LogP contribution in [0.1, 0.15) is 19.7 Å². The van der Waals surface area contributed by atoms with Crippen molar-refractivity contribution in [3.05, 3.63) is 36.4 Å². The molecule has 2 heterocycles. The van der Waals surface area contributed by atoms with Crippen LogP contribution >= 0.6 is 24.0 Å². The second-order valence-corrected chi connectivity index (χ2v) is 5.94. The van der Waals surface area contributed by atoms with Crippen molar-refractivity contribution in [1.82, 2.24) is 25.4 Å². The molecule has 1 aliphatic rings. The van der Waals surface area contributed by atoms with E-state index in [2.05, 4.69) is 32.7 Å². The highest BCUT2D eigenvalue weighted by Crippen LogP contribution is 2.30. The second kappa shape index (κ2) is 11.0. The summed E-state index contributed by atoms with van der Waals surface area (Å²) in [6.45, 7) is 7.46. The van der Waals surface area contributed by atoms with Gasteiger partial charge < -0.3 is 24.7 Å². The summed E-state index contributed by atoms with van der Waals surface area (Å²) >= 11 is 0. The van der Waals surface area contributed by atoms with Crippen molar-refractivity contribution in [2.45, 2.75) is 32.9 Å². The van der Waals surface area contributed by atoms with Crippen molar-refractivity contribution >= 4 is 29.9 Å². The molecule has 1 aromatic carbocycles. The zero-order valence-corrected chi connectivity index (χ0v) is 18.1. The van der Waals surface area contributed by atoms with Crippen LogP contribution in [0.5, 0.6) is 11.5 Å². The Morgan fingerprint density at radius 3 is 2.85 bits per heavy atom. The third kappa shape index (κ3) is 5.98. The van der Waals surface area contributed by atoms with Gasteiger partial charge in [-0.3, -0.25) is 0 Å². The van der Waals surface area contributed by atoms with E-state index < -0.39 is 0 Å². The van der Waals surface area contributed by atoms with Crippen LogP contribution in [0.3, 0.4) is 0 Å². The van der Waals surface area contributed by atoms with Gasteiger partial charge >= 0.3 is 0 Å². The molecule has 8 nitrogen and oxygen atoms in total. The Hall–Kier alpha value is -2.04. The van der Waals surface area contributed by atoms with Gasteiger partial charge in [0.2, 0.25) is 0 Å². The number of halogens is 1. The number of benzene rings is 1. The number of para-hydroxylation sites is 2. The van der Waals surface area contributed by atoms with Crippen LogP contribution in [0.25, 0.3) is 0 Å². The summed E-state index contributed by atoms with van der Waals surface area (Å²) in [5.74, 6) is 3.32. The number of nitrogens with one attached hydrogen (secondary N) is 2. The number of aryl methyl sites for hydroxylation is 1. The normalized spacial score (nSPS) is 15.8. The third-order valence-corrected chi connectivity index (χ3v) is 4.02. The minimum Gasteiger partial charge on any atom is -0.486 e. The van der Waals surface area contributed by atoms with Crippen LogP contribution in [0.15, 0.2) is 35.6 Å². The largest absolute Gasteiger partial charge is 0.486 e. The molecule has 1 aromatic heterocycles. The van der Waals surface area contributed by atoms with Gasteiger partial charge in [0.1, 0.15) is 18.8 Å². The van der Waals surface area contributed by atoms with Crippen LogP contribution in [0.2, 0.25) is 0 Å². The molecule has 0 radical (unpaired) electrons. The van der Waals surface area contributed by atoms with Gasteiger partial charge in [-0.25, -0.2) is 4.99 Å². The van der Waals surface area contributed by atoms with Gasteiger partial charge in [-0.15, -0.1) is 34.2 Å². The van der Waals surface area contributed by atoms with Crippen LogP contribution in [-0.2, 0) is 13.0 Å². The lowest BCUT2D eigenvalue weighted by atomic mass is 10.2. The molecule has 0 bridgehead atoms. The summed E-state index contributed by atoms with van der Waals surface area (Å²) < 4.78 is 13.7. The highest BCUT2D eigenvalue weighted by Gasteiger charge is 2.20. The molecule has 2 N–H and O–H groups in total. The molecule has 0 fully saturated rings. The predicted octanol–water partition coefficient (Wildman–Crippen LogP) is 1.85. The first-order valence-corrected chi connectivity index (χ1v) is 9.07. The Morgan fingerprint density at radius 1 is 1.26 bits per heavy atom. The van der Waals surface area contributed by atoms with Crippen molar-refractivity contribution in [3.8, 4) is 11.5 Å². The highest BCUT2D eigenvalue weighted by atomic mass is 127. The van der Waals surface area contributed by atoms with Gasteiger partial charge in [0.05, 0.1) is 6.54 Å². The first-order chi connectivity index (χ1) is 12.8. The number of guanidine groups is 1. The van der Waals surface area contributed by atoms with Gasteiger partial charge in [-0.05, 0) is 19.1 Å². The molecule has 3 rings (SSSR count). The highest BCUT2D eigenvalue weighted by molar-refractivity contribution is 14.0. The molecule has 1 atom stereocenters. The molecular weight excluding hydrogens is 459 g/mol. The van der Waals surface area contributed by atoms with E-state index in [9.17, 15) is 0 Å². The lowest BCUT2D eigenvalue weighted by molar-refractivity contribution is 0.0971. The number of hydrogen-bond donors (Lipinski definition) is 2. The van der Waals surface area contributed by atoms with Gasteiger partial charge in [0, 0.05) is 26.1 Å². The van der Waals surface area contributed by atoms with E-state index in [1.54, 1.807) is 6.33 Å². The fraction of sp³-hybridized carbons (Fsp3) is 0.500. The van der Waals surface area contributed by atoms with Crippen molar-refractivity contribution in [2.75, 3.05) is 26.2 Å². The minimum absolute atomic E-state index is 0. The van der Waals surface area contributed by atoms with E-state index in [0.29, 0.717) is 13.2 Å². The molecule has 0 saturated carbocycles. The van der Waals surface area contributed by atoms with Gasteiger partial charge in [0.15, 0.2) is 23.6 Å². The SMILES string of the molecule is CCNC(=NCC1COc2ccccc2O1)NCCn1cnnc1CC.I. The maximum absolute atomic E-state index is 5.95. The molecule has 1 aliphatic heterocycles. The van der Waals surface area contributed by atoms with E-state index in [1.807, 2.05) is 35.8 Å². The standard InChI is InChI=1S/C18H26N6O2.HI/c1-3-17-23-22-13-24(17)10-9-20-18(19-4-2)21-11-14-12-25-15-7-5-6-8-16(15)26-14;/h5-8,13-14H,3-4,9-12H2,1-2H3,(H2,19,20,21);1H. The molecule has 148 valence electrons. The monoisotopic (exact) mass is 486 g/mol. The average molecular weight is 486 g/mol. The smallest absolute Gasteiger partial charge is 0.191 e. The molecule has 0 aliphatic carbocycles. The lowest BCUT2D eigenvalue weighted by Crippen LogP contribution is -2.40. The summed E-state index contributed by atoms with van der Waals surface area (Å²) in [6, 6.07) is 7.71. The van der Waals surface area contributed by atoms with Crippen LogP contribution in [0.4, 0.5) is 0 Å². The lowest BCUT2D eigenvalue weighted by Gasteiger charge is -2.25.